The Kier molecular flexibility index (Phi) is 6.13. The Bertz CT molecular complexity index is 794. The van der Waals surface area contributed by atoms with E-state index in [9.17, 15) is 14.7 Å². The zero-order chi connectivity index (χ0) is 18.2. The van der Waals surface area contributed by atoms with E-state index in [1.54, 1.807) is 12.1 Å². The van der Waals surface area contributed by atoms with Crippen LogP contribution in [0.3, 0.4) is 0 Å². The molecule has 0 aromatic heterocycles. The summed E-state index contributed by atoms with van der Waals surface area (Å²) in [5, 5.41) is 18.2. The molecule has 0 aliphatic rings. The fraction of sp³-hybridized carbons (Fsp3) is 0.211. The first-order chi connectivity index (χ1) is 12.0. The van der Waals surface area contributed by atoms with Crippen molar-refractivity contribution in [2.45, 2.75) is 13.3 Å². The number of phenols is 1. The number of rotatable bonds is 6. The maximum atomic E-state index is 12.4. The number of aryl methyl sites for hydroxylation is 1. The van der Waals surface area contributed by atoms with Crippen molar-refractivity contribution in [3.63, 3.8) is 0 Å². The average Bonchev–Trinajstić information content (AvgIpc) is 2.61. The highest BCUT2D eigenvalue weighted by Crippen LogP contribution is 2.16. The molecule has 1 amide bonds. The predicted molar refractivity (Wildman–Crippen MR) is 92.2 cm³/mol. The predicted octanol–water partition coefficient (Wildman–Crippen LogP) is 2.80. The summed E-state index contributed by atoms with van der Waals surface area (Å²) in [5.41, 5.74) is 1.85. The normalized spacial score (nSPS) is 9.92. The van der Waals surface area contributed by atoms with Crippen LogP contribution in [0.4, 0.5) is 5.69 Å². The van der Waals surface area contributed by atoms with Gasteiger partial charge in [0, 0.05) is 12.2 Å². The van der Waals surface area contributed by atoms with Gasteiger partial charge in [0.05, 0.1) is 18.1 Å². The third kappa shape index (κ3) is 5.08. The molecular formula is C19H18N2O4. The number of esters is 1. The average molecular weight is 338 g/mol. The monoisotopic (exact) mass is 338 g/mol. The Morgan fingerprint density at radius 2 is 1.92 bits per heavy atom. The quantitative estimate of drug-likeness (QED) is 0.818. The van der Waals surface area contributed by atoms with Gasteiger partial charge in [0.15, 0.2) is 6.61 Å². The van der Waals surface area contributed by atoms with Crippen LogP contribution in [0, 0.1) is 18.3 Å². The number of hydrogen-bond acceptors (Lipinski definition) is 5. The van der Waals surface area contributed by atoms with Gasteiger partial charge < -0.3 is 14.7 Å². The van der Waals surface area contributed by atoms with Crippen LogP contribution in [0.1, 0.15) is 22.3 Å². The molecule has 0 bridgehead atoms. The number of amides is 1. The fourth-order valence-electron chi connectivity index (χ4n) is 2.21. The molecule has 1 N–H and O–H groups in total. The van der Waals surface area contributed by atoms with Gasteiger partial charge in [0.2, 0.25) is 0 Å². The van der Waals surface area contributed by atoms with Crippen LogP contribution in [0.25, 0.3) is 0 Å². The Morgan fingerprint density at radius 1 is 1.20 bits per heavy atom. The lowest BCUT2D eigenvalue weighted by atomic mass is 10.2. The zero-order valence-electron chi connectivity index (χ0n) is 13.8. The van der Waals surface area contributed by atoms with Crippen molar-refractivity contribution in [2.24, 2.45) is 0 Å². The molecule has 0 atom stereocenters. The van der Waals surface area contributed by atoms with Crippen molar-refractivity contribution in [2.75, 3.05) is 18.1 Å². The topological polar surface area (TPSA) is 90.6 Å². The van der Waals surface area contributed by atoms with Crippen LogP contribution in [-0.4, -0.2) is 30.1 Å². The summed E-state index contributed by atoms with van der Waals surface area (Å²) >= 11 is 0. The SMILES string of the molecule is Cc1ccc(N(CCC#N)C(=O)COC(=O)c2cccc(O)c2)cc1. The van der Waals surface area contributed by atoms with Crippen LogP contribution in [-0.2, 0) is 9.53 Å². The van der Waals surface area contributed by atoms with Crippen molar-refractivity contribution >= 4 is 17.6 Å². The van der Waals surface area contributed by atoms with Gasteiger partial charge in [0.25, 0.3) is 5.91 Å². The summed E-state index contributed by atoms with van der Waals surface area (Å²) in [6, 6.07) is 15.0. The second-order valence-electron chi connectivity index (χ2n) is 5.42. The maximum Gasteiger partial charge on any atom is 0.338 e. The van der Waals surface area contributed by atoms with Crippen molar-refractivity contribution in [3.05, 3.63) is 59.7 Å². The van der Waals surface area contributed by atoms with E-state index in [1.165, 1.54) is 29.2 Å². The molecule has 2 aromatic rings. The van der Waals surface area contributed by atoms with Gasteiger partial charge in [0.1, 0.15) is 5.75 Å². The van der Waals surface area contributed by atoms with Crippen LogP contribution in [0.2, 0.25) is 0 Å². The van der Waals surface area contributed by atoms with Crippen LogP contribution in [0.5, 0.6) is 5.75 Å². The Balaban J connectivity index is 2.05. The molecule has 25 heavy (non-hydrogen) atoms. The smallest absolute Gasteiger partial charge is 0.338 e. The van der Waals surface area contributed by atoms with Gasteiger partial charge in [-0.05, 0) is 37.3 Å². The van der Waals surface area contributed by atoms with E-state index in [4.69, 9.17) is 10.00 Å². The van der Waals surface area contributed by atoms with Gasteiger partial charge >= 0.3 is 5.97 Å². The molecule has 2 rings (SSSR count). The van der Waals surface area contributed by atoms with E-state index in [1.807, 2.05) is 25.1 Å². The minimum Gasteiger partial charge on any atom is -0.508 e. The number of nitriles is 1. The molecule has 128 valence electrons. The number of aromatic hydroxyl groups is 1. The fourth-order valence-corrected chi connectivity index (χ4v) is 2.21. The van der Waals surface area contributed by atoms with Crippen LogP contribution in [0.15, 0.2) is 48.5 Å². The highest BCUT2D eigenvalue weighted by atomic mass is 16.5. The molecule has 6 heteroatoms. The highest BCUT2D eigenvalue weighted by Gasteiger charge is 2.18. The summed E-state index contributed by atoms with van der Waals surface area (Å²) < 4.78 is 5.03. The minimum atomic E-state index is -0.701. The largest absolute Gasteiger partial charge is 0.508 e. The van der Waals surface area contributed by atoms with E-state index < -0.39 is 18.5 Å². The second-order valence-corrected chi connectivity index (χ2v) is 5.42. The van der Waals surface area contributed by atoms with Gasteiger partial charge in [-0.25, -0.2) is 4.79 Å². The lowest BCUT2D eigenvalue weighted by molar-refractivity contribution is -0.121. The number of ether oxygens (including phenoxy) is 1. The summed E-state index contributed by atoms with van der Waals surface area (Å²) in [6.45, 7) is 1.69. The molecule has 0 saturated carbocycles. The van der Waals surface area contributed by atoms with Crippen molar-refractivity contribution in [1.29, 1.82) is 5.26 Å². The van der Waals surface area contributed by atoms with E-state index in [-0.39, 0.29) is 24.3 Å². The van der Waals surface area contributed by atoms with Gasteiger partial charge in [-0.1, -0.05) is 23.8 Å². The Hall–Kier alpha value is -3.33. The van der Waals surface area contributed by atoms with E-state index in [0.29, 0.717) is 5.69 Å². The van der Waals surface area contributed by atoms with Gasteiger partial charge in [-0.2, -0.15) is 5.26 Å². The van der Waals surface area contributed by atoms with Crippen molar-refractivity contribution in [3.8, 4) is 11.8 Å². The summed E-state index contributed by atoms with van der Waals surface area (Å²) in [7, 11) is 0. The molecule has 0 aliphatic carbocycles. The summed E-state index contributed by atoms with van der Waals surface area (Å²) in [6.07, 6.45) is 0.167. The third-order valence-electron chi connectivity index (χ3n) is 3.50. The number of anilines is 1. The first-order valence-corrected chi connectivity index (χ1v) is 7.71. The van der Waals surface area contributed by atoms with E-state index >= 15 is 0 Å². The molecule has 2 aromatic carbocycles. The second kappa shape index (κ2) is 8.50. The molecule has 6 nitrogen and oxygen atoms in total. The number of carbonyl (C=O) groups excluding carboxylic acids is 2. The van der Waals surface area contributed by atoms with Crippen molar-refractivity contribution < 1.29 is 19.4 Å². The highest BCUT2D eigenvalue weighted by molar-refractivity contribution is 5.97. The number of benzene rings is 2. The van der Waals surface area contributed by atoms with E-state index in [2.05, 4.69) is 0 Å². The van der Waals surface area contributed by atoms with Crippen molar-refractivity contribution in [1.82, 2.24) is 0 Å². The first-order valence-electron chi connectivity index (χ1n) is 7.71. The number of carbonyl (C=O) groups is 2. The Labute approximate surface area is 145 Å². The van der Waals surface area contributed by atoms with Crippen LogP contribution < -0.4 is 4.90 Å². The van der Waals surface area contributed by atoms with Crippen LogP contribution >= 0.6 is 0 Å². The zero-order valence-corrected chi connectivity index (χ0v) is 13.8. The lowest BCUT2D eigenvalue weighted by Gasteiger charge is -2.21. The van der Waals surface area contributed by atoms with Gasteiger partial charge in [-0.15, -0.1) is 0 Å². The molecule has 0 unspecified atom stereocenters. The third-order valence-corrected chi connectivity index (χ3v) is 3.50. The molecule has 0 spiro atoms. The maximum absolute atomic E-state index is 12.4. The standard InChI is InChI=1S/C19H18N2O4/c1-14-6-8-16(9-7-14)21(11-3-10-20)18(23)13-25-19(24)15-4-2-5-17(22)12-15/h2,4-9,12,22H,3,11,13H2,1H3. The molecule has 0 aliphatic heterocycles. The molecule has 0 radical (unpaired) electrons. The molecular weight excluding hydrogens is 320 g/mol. The summed E-state index contributed by atoms with van der Waals surface area (Å²) in [5.74, 6) is -1.18. The summed E-state index contributed by atoms with van der Waals surface area (Å²) in [4.78, 5) is 25.8. The van der Waals surface area contributed by atoms with E-state index in [0.717, 1.165) is 5.56 Å². The number of phenolic OH excluding ortho intramolecular Hbond substituents is 1. The molecule has 0 heterocycles. The minimum absolute atomic E-state index is 0.0592. The molecule has 0 saturated heterocycles. The molecule has 0 fully saturated rings. The first kappa shape index (κ1) is 18.0. The Morgan fingerprint density at radius 3 is 2.56 bits per heavy atom. The number of nitrogens with zero attached hydrogens (tertiary/aromatic N) is 2. The van der Waals surface area contributed by atoms with Gasteiger partial charge in [-0.3, -0.25) is 4.79 Å². The number of hydrogen-bond donors (Lipinski definition) is 1. The lowest BCUT2D eigenvalue weighted by Crippen LogP contribution is -2.35.